The lowest BCUT2D eigenvalue weighted by Crippen LogP contribution is -1.85. The van der Waals surface area contributed by atoms with E-state index in [2.05, 4.69) is 20.8 Å². The van der Waals surface area contributed by atoms with Crippen LogP contribution >= 0.6 is 0 Å². The van der Waals surface area contributed by atoms with Crippen molar-refractivity contribution < 1.29 is 0 Å². The molecule has 0 amide bonds. The molecular weight excluding hydrogens is 84.1 g/mol. The van der Waals surface area contributed by atoms with Gasteiger partial charge in [-0.05, 0) is 5.92 Å². The van der Waals surface area contributed by atoms with Crippen LogP contribution < -0.4 is 0 Å². The first-order chi connectivity index (χ1) is 3.27. The van der Waals surface area contributed by atoms with Gasteiger partial charge < -0.3 is 0 Å². The average molecular weight is 98.2 g/mol. The van der Waals surface area contributed by atoms with E-state index in [1.54, 1.807) is 0 Å². The van der Waals surface area contributed by atoms with E-state index in [0.717, 1.165) is 0 Å². The van der Waals surface area contributed by atoms with Crippen molar-refractivity contribution in [3.63, 3.8) is 0 Å². The molecule has 0 aliphatic heterocycles. The lowest BCUT2D eigenvalue weighted by atomic mass is 10.1. The Labute approximate surface area is 46.9 Å². The van der Waals surface area contributed by atoms with Crippen LogP contribution in [-0.2, 0) is 0 Å². The maximum absolute atomic E-state index is 3.76. The lowest BCUT2D eigenvalue weighted by molar-refractivity contribution is 0.637. The zero-order valence-electron chi connectivity index (χ0n) is 5.11. The SMILES string of the molecule is [CH2]C([CH2])CCCC. The highest BCUT2D eigenvalue weighted by atomic mass is 13.9. The molecule has 0 atom stereocenters. The van der Waals surface area contributed by atoms with Gasteiger partial charge in [-0.1, -0.05) is 40.0 Å². The standard InChI is InChI=1S/C7H14/c1-4-5-6-7(2)3/h7H,2-6H2,1H3. The Morgan fingerprint density at radius 1 is 1.43 bits per heavy atom. The first kappa shape index (κ1) is 7.00. The summed E-state index contributed by atoms with van der Waals surface area (Å²) in [6.45, 7) is 9.71. The van der Waals surface area contributed by atoms with Crippen molar-refractivity contribution in [2.75, 3.05) is 0 Å². The van der Waals surface area contributed by atoms with E-state index >= 15 is 0 Å². The third-order valence-corrected chi connectivity index (χ3v) is 0.966. The van der Waals surface area contributed by atoms with Crippen molar-refractivity contribution in [1.29, 1.82) is 0 Å². The third kappa shape index (κ3) is 6.00. The molecule has 0 nitrogen and oxygen atoms in total. The highest BCUT2D eigenvalue weighted by Crippen LogP contribution is 2.03. The van der Waals surface area contributed by atoms with Gasteiger partial charge in [0.25, 0.3) is 0 Å². The molecule has 42 valence electrons. The summed E-state index contributed by atoms with van der Waals surface area (Å²) < 4.78 is 0. The first-order valence-corrected chi connectivity index (χ1v) is 2.93. The molecule has 0 aromatic heterocycles. The quantitative estimate of drug-likeness (QED) is 0.508. The van der Waals surface area contributed by atoms with Crippen molar-refractivity contribution in [3.8, 4) is 0 Å². The molecule has 0 unspecified atom stereocenters. The summed E-state index contributed by atoms with van der Waals surface area (Å²) >= 11 is 0. The molecule has 0 heteroatoms. The molecule has 0 aliphatic rings. The van der Waals surface area contributed by atoms with Crippen LogP contribution in [0.2, 0.25) is 0 Å². The summed E-state index contributed by atoms with van der Waals surface area (Å²) in [7, 11) is 0. The Bertz CT molecular complexity index is 29.0. The second kappa shape index (κ2) is 4.17. The topological polar surface area (TPSA) is 0 Å². The fourth-order valence-corrected chi connectivity index (χ4v) is 0.493. The van der Waals surface area contributed by atoms with E-state index < -0.39 is 0 Å². The van der Waals surface area contributed by atoms with Crippen molar-refractivity contribution in [2.45, 2.75) is 26.2 Å². The molecule has 0 heterocycles. The molecule has 0 aromatic carbocycles. The zero-order chi connectivity index (χ0) is 5.70. The number of unbranched alkanes of at least 4 members (excludes halogenated alkanes) is 1. The Hall–Kier alpha value is 0. The van der Waals surface area contributed by atoms with Gasteiger partial charge in [0, 0.05) is 0 Å². The van der Waals surface area contributed by atoms with Crippen molar-refractivity contribution >= 4 is 0 Å². The Morgan fingerprint density at radius 2 is 2.00 bits per heavy atom. The number of rotatable bonds is 3. The van der Waals surface area contributed by atoms with Gasteiger partial charge in [-0.25, -0.2) is 0 Å². The van der Waals surface area contributed by atoms with Gasteiger partial charge in [-0.15, -0.1) is 0 Å². The summed E-state index contributed by atoms with van der Waals surface area (Å²) in [4.78, 5) is 0. The minimum atomic E-state index is 0.403. The molecule has 0 fully saturated rings. The van der Waals surface area contributed by atoms with Crippen LogP contribution in [0.1, 0.15) is 26.2 Å². The average Bonchev–Trinajstić information content (AvgIpc) is 1.61. The second-order valence-corrected chi connectivity index (χ2v) is 2.01. The maximum Gasteiger partial charge on any atom is -0.0414 e. The van der Waals surface area contributed by atoms with Crippen molar-refractivity contribution in [1.82, 2.24) is 0 Å². The van der Waals surface area contributed by atoms with Gasteiger partial charge in [0.15, 0.2) is 0 Å². The van der Waals surface area contributed by atoms with Gasteiger partial charge in [0.05, 0.1) is 0 Å². The zero-order valence-corrected chi connectivity index (χ0v) is 5.11. The lowest BCUT2D eigenvalue weighted by Gasteiger charge is -1.98. The molecule has 0 saturated carbocycles. The van der Waals surface area contributed by atoms with Gasteiger partial charge in [0.2, 0.25) is 0 Å². The van der Waals surface area contributed by atoms with Crippen LogP contribution in [0, 0.1) is 19.8 Å². The summed E-state index contributed by atoms with van der Waals surface area (Å²) in [5, 5.41) is 0. The summed E-state index contributed by atoms with van der Waals surface area (Å²) in [5.74, 6) is 0.403. The normalized spacial score (nSPS) is 10.3. The van der Waals surface area contributed by atoms with Crippen LogP contribution in [0.15, 0.2) is 0 Å². The van der Waals surface area contributed by atoms with Crippen LogP contribution in [0.3, 0.4) is 0 Å². The number of hydrogen-bond acceptors (Lipinski definition) is 0. The Kier molecular flexibility index (Phi) is 4.17. The highest BCUT2D eigenvalue weighted by Gasteiger charge is 1.89. The van der Waals surface area contributed by atoms with Gasteiger partial charge in [0.1, 0.15) is 0 Å². The molecule has 7 heavy (non-hydrogen) atoms. The molecule has 0 bridgehead atoms. The van der Waals surface area contributed by atoms with Gasteiger partial charge in [-0.3, -0.25) is 0 Å². The summed E-state index contributed by atoms with van der Waals surface area (Å²) in [6.07, 6.45) is 3.72. The molecule has 0 saturated heterocycles. The minimum absolute atomic E-state index is 0.403. The smallest absolute Gasteiger partial charge is 0.0414 e. The molecule has 0 spiro atoms. The van der Waals surface area contributed by atoms with E-state index in [1.807, 2.05) is 0 Å². The largest absolute Gasteiger partial charge is 0.0654 e. The molecule has 0 aliphatic carbocycles. The Morgan fingerprint density at radius 3 is 2.14 bits per heavy atom. The fourth-order valence-electron chi connectivity index (χ4n) is 0.493. The van der Waals surface area contributed by atoms with Crippen LogP contribution in [0.25, 0.3) is 0 Å². The van der Waals surface area contributed by atoms with Crippen molar-refractivity contribution in [2.24, 2.45) is 5.92 Å². The second-order valence-electron chi connectivity index (χ2n) is 2.01. The summed E-state index contributed by atoms with van der Waals surface area (Å²) in [5.41, 5.74) is 0. The van der Waals surface area contributed by atoms with Crippen molar-refractivity contribution in [3.05, 3.63) is 13.8 Å². The van der Waals surface area contributed by atoms with E-state index in [4.69, 9.17) is 0 Å². The summed E-state index contributed by atoms with van der Waals surface area (Å²) in [6, 6.07) is 0. The maximum atomic E-state index is 3.76. The van der Waals surface area contributed by atoms with E-state index in [1.165, 1.54) is 19.3 Å². The molecule has 0 rings (SSSR count). The van der Waals surface area contributed by atoms with Crippen LogP contribution in [-0.4, -0.2) is 0 Å². The molecule has 0 N–H and O–H groups in total. The molecule has 0 aromatic rings. The van der Waals surface area contributed by atoms with E-state index in [9.17, 15) is 0 Å². The molecule has 2 radical (unpaired) electrons. The third-order valence-electron chi connectivity index (χ3n) is 0.966. The highest BCUT2D eigenvalue weighted by molar-refractivity contribution is 4.61. The predicted octanol–water partition coefficient (Wildman–Crippen LogP) is 2.46. The number of hydrogen-bond donors (Lipinski definition) is 0. The molecular formula is C7H14. The fraction of sp³-hybridized carbons (Fsp3) is 0.714. The van der Waals surface area contributed by atoms with E-state index in [0.29, 0.717) is 5.92 Å². The monoisotopic (exact) mass is 98.1 g/mol. The van der Waals surface area contributed by atoms with Gasteiger partial charge >= 0.3 is 0 Å². The first-order valence-electron chi connectivity index (χ1n) is 2.93. The predicted molar refractivity (Wildman–Crippen MR) is 33.7 cm³/mol. The van der Waals surface area contributed by atoms with Crippen LogP contribution in [0.4, 0.5) is 0 Å². The van der Waals surface area contributed by atoms with Gasteiger partial charge in [-0.2, -0.15) is 0 Å². The Balaban J connectivity index is 2.68. The van der Waals surface area contributed by atoms with E-state index in [-0.39, 0.29) is 0 Å². The van der Waals surface area contributed by atoms with Crippen LogP contribution in [0.5, 0.6) is 0 Å². The minimum Gasteiger partial charge on any atom is -0.0654 e.